The number of thioether (sulfide) groups is 1. The predicted octanol–water partition coefficient (Wildman–Crippen LogP) is 6.37. The van der Waals surface area contributed by atoms with Gasteiger partial charge in [-0.1, -0.05) is 33.6 Å². The Morgan fingerprint density at radius 2 is 1.77 bits per heavy atom. The first kappa shape index (κ1) is 20.7. The van der Waals surface area contributed by atoms with Crippen molar-refractivity contribution in [1.29, 1.82) is 0 Å². The molecule has 1 fully saturated rings. The number of amidine groups is 1. The molecule has 0 radical (unpaired) electrons. The Kier molecular flexibility index (Phi) is 5.71. The minimum absolute atomic E-state index is 0.117. The third-order valence-electron chi connectivity index (χ3n) is 5.08. The van der Waals surface area contributed by atoms with Crippen LogP contribution < -0.4 is 5.32 Å². The molecule has 1 N–H and O–H groups in total. The summed E-state index contributed by atoms with van der Waals surface area (Å²) in [6, 6.07) is 16.5. The smallest absolute Gasteiger partial charge is 0.264 e. The standard InChI is InChI=1S/C24H22BrN3OS/c1-14-5-8-20(9-6-14)28-16(3)12-18(17(28)4)13-22-23(29)27-24(30-22)26-21-10-7-19(25)11-15(21)2/h5-13H,1-4H3,(H,26,27,29)/b22-13-. The van der Waals surface area contributed by atoms with Crippen molar-refractivity contribution in [2.75, 3.05) is 0 Å². The highest BCUT2D eigenvalue weighted by atomic mass is 79.9. The number of aryl methyl sites for hydroxylation is 3. The number of rotatable bonds is 3. The molecule has 1 aromatic heterocycles. The van der Waals surface area contributed by atoms with Crippen LogP contribution in [0.25, 0.3) is 11.8 Å². The number of benzene rings is 2. The lowest BCUT2D eigenvalue weighted by Gasteiger charge is -2.10. The van der Waals surface area contributed by atoms with E-state index >= 15 is 0 Å². The van der Waals surface area contributed by atoms with E-state index in [4.69, 9.17) is 0 Å². The number of aliphatic imine (C=N–C) groups is 1. The van der Waals surface area contributed by atoms with Crippen LogP contribution in [0, 0.1) is 27.7 Å². The molecule has 0 aliphatic carbocycles. The lowest BCUT2D eigenvalue weighted by Crippen LogP contribution is -2.19. The van der Waals surface area contributed by atoms with E-state index in [1.807, 2.05) is 31.2 Å². The van der Waals surface area contributed by atoms with Gasteiger partial charge in [0.25, 0.3) is 5.91 Å². The van der Waals surface area contributed by atoms with Gasteiger partial charge in [0.05, 0.1) is 10.6 Å². The van der Waals surface area contributed by atoms with Crippen molar-refractivity contribution in [2.24, 2.45) is 4.99 Å². The van der Waals surface area contributed by atoms with Gasteiger partial charge in [-0.2, -0.15) is 0 Å². The number of carbonyl (C=O) groups excluding carboxylic acids is 1. The molecule has 3 aromatic rings. The zero-order chi connectivity index (χ0) is 21.4. The number of hydrogen-bond acceptors (Lipinski definition) is 3. The molecular weight excluding hydrogens is 458 g/mol. The zero-order valence-corrected chi connectivity index (χ0v) is 19.7. The van der Waals surface area contributed by atoms with Crippen LogP contribution in [0.1, 0.15) is 28.1 Å². The van der Waals surface area contributed by atoms with Crippen molar-refractivity contribution in [1.82, 2.24) is 9.88 Å². The van der Waals surface area contributed by atoms with Crippen molar-refractivity contribution >= 4 is 50.5 Å². The van der Waals surface area contributed by atoms with Crippen LogP contribution in [-0.2, 0) is 4.79 Å². The lowest BCUT2D eigenvalue weighted by molar-refractivity contribution is -0.115. The Bertz CT molecular complexity index is 1210. The molecule has 4 nitrogen and oxygen atoms in total. The van der Waals surface area contributed by atoms with E-state index in [9.17, 15) is 4.79 Å². The minimum Gasteiger partial charge on any atom is -0.318 e. The molecule has 0 saturated carbocycles. The van der Waals surface area contributed by atoms with Gasteiger partial charge in [-0.15, -0.1) is 0 Å². The molecule has 2 aromatic carbocycles. The van der Waals surface area contributed by atoms with Gasteiger partial charge in [0.1, 0.15) is 0 Å². The zero-order valence-electron chi connectivity index (χ0n) is 17.3. The van der Waals surface area contributed by atoms with Gasteiger partial charge in [0.2, 0.25) is 0 Å². The van der Waals surface area contributed by atoms with Crippen molar-refractivity contribution < 1.29 is 4.79 Å². The average molecular weight is 480 g/mol. The fraction of sp³-hybridized carbons (Fsp3) is 0.167. The van der Waals surface area contributed by atoms with Crippen LogP contribution in [0.15, 0.2) is 62.9 Å². The molecule has 2 heterocycles. The summed E-state index contributed by atoms with van der Waals surface area (Å²) in [7, 11) is 0. The minimum atomic E-state index is -0.117. The second-order valence-corrected chi connectivity index (χ2v) is 9.36. The van der Waals surface area contributed by atoms with Crippen molar-refractivity contribution in [2.45, 2.75) is 27.7 Å². The number of aromatic nitrogens is 1. The molecule has 1 saturated heterocycles. The van der Waals surface area contributed by atoms with Crippen molar-refractivity contribution in [3.8, 4) is 5.69 Å². The third kappa shape index (κ3) is 4.16. The number of nitrogens with one attached hydrogen (secondary N) is 1. The molecule has 0 spiro atoms. The number of halogens is 1. The number of nitrogens with zero attached hydrogens (tertiary/aromatic N) is 2. The van der Waals surface area contributed by atoms with Gasteiger partial charge in [0, 0.05) is 21.5 Å². The van der Waals surface area contributed by atoms with E-state index in [1.165, 1.54) is 17.3 Å². The Labute approximate surface area is 189 Å². The average Bonchev–Trinajstić information content (AvgIpc) is 3.17. The maximum absolute atomic E-state index is 12.5. The van der Waals surface area contributed by atoms with Crippen molar-refractivity contribution in [3.63, 3.8) is 0 Å². The van der Waals surface area contributed by atoms with Crippen molar-refractivity contribution in [3.05, 3.63) is 86.0 Å². The van der Waals surface area contributed by atoms with Crippen LogP contribution in [-0.4, -0.2) is 15.6 Å². The summed E-state index contributed by atoms with van der Waals surface area (Å²) in [5.74, 6) is -0.117. The summed E-state index contributed by atoms with van der Waals surface area (Å²) in [6.45, 7) is 8.25. The highest BCUT2D eigenvalue weighted by molar-refractivity contribution is 9.10. The molecule has 30 heavy (non-hydrogen) atoms. The summed E-state index contributed by atoms with van der Waals surface area (Å²) >= 11 is 4.84. The third-order valence-corrected chi connectivity index (χ3v) is 6.48. The molecular formula is C24H22BrN3OS. The van der Waals surface area contributed by atoms with Gasteiger partial charge in [-0.25, -0.2) is 4.99 Å². The first-order valence-corrected chi connectivity index (χ1v) is 11.2. The van der Waals surface area contributed by atoms with Gasteiger partial charge < -0.3 is 9.88 Å². The Hall–Kier alpha value is -2.57. The molecule has 1 amide bonds. The van der Waals surface area contributed by atoms with E-state index in [1.54, 1.807) is 0 Å². The molecule has 4 rings (SSSR count). The molecule has 0 bridgehead atoms. The van der Waals surface area contributed by atoms with Crippen LogP contribution in [0.2, 0.25) is 0 Å². The Morgan fingerprint density at radius 1 is 1.03 bits per heavy atom. The van der Waals surface area contributed by atoms with Gasteiger partial charge in [-0.3, -0.25) is 4.79 Å². The molecule has 1 aliphatic heterocycles. The Balaban J connectivity index is 1.64. The second kappa shape index (κ2) is 8.28. The molecule has 152 valence electrons. The van der Waals surface area contributed by atoms with Crippen LogP contribution >= 0.6 is 27.7 Å². The van der Waals surface area contributed by atoms with E-state index in [0.717, 1.165) is 38.4 Å². The topological polar surface area (TPSA) is 46.4 Å². The summed E-state index contributed by atoms with van der Waals surface area (Å²) in [4.78, 5) is 17.8. The number of hydrogen-bond donors (Lipinski definition) is 1. The normalized spacial score (nSPS) is 16.5. The molecule has 6 heteroatoms. The highest BCUT2D eigenvalue weighted by Crippen LogP contribution is 2.31. The monoisotopic (exact) mass is 479 g/mol. The maximum atomic E-state index is 12.5. The van der Waals surface area contributed by atoms with Crippen LogP contribution in [0.4, 0.5) is 5.69 Å². The quantitative estimate of drug-likeness (QED) is 0.443. The van der Waals surface area contributed by atoms with E-state index in [-0.39, 0.29) is 5.91 Å². The van der Waals surface area contributed by atoms with Gasteiger partial charge in [-0.05, 0) is 93.1 Å². The van der Waals surface area contributed by atoms with E-state index < -0.39 is 0 Å². The van der Waals surface area contributed by atoms with Gasteiger partial charge >= 0.3 is 0 Å². The summed E-state index contributed by atoms with van der Waals surface area (Å²) in [5.41, 5.74) is 7.52. The van der Waals surface area contributed by atoms with E-state index in [2.05, 4.69) is 81.9 Å². The SMILES string of the molecule is Cc1ccc(-n2c(C)cc(/C=C3\SC(=Nc4ccc(Br)cc4C)NC3=O)c2C)cc1. The van der Waals surface area contributed by atoms with Crippen LogP contribution in [0.3, 0.4) is 0 Å². The maximum Gasteiger partial charge on any atom is 0.264 e. The molecule has 0 unspecified atom stereocenters. The highest BCUT2D eigenvalue weighted by Gasteiger charge is 2.24. The second-order valence-electron chi connectivity index (χ2n) is 7.41. The molecule has 0 atom stereocenters. The molecule has 1 aliphatic rings. The summed E-state index contributed by atoms with van der Waals surface area (Å²) in [5, 5.41) is 3.48. The Morgan fingerprint density at radius 3 is 2.47 bits per heavy atom. The number of amides is 1. The largest absolute Gasteiger partial charge is 0.318 e. The first-order chi connectivity index (χ1) is 14.3. The van der Waals surface area contributed by atoms with Gasteiger partial charge in [0.15, 0.2) is 5.17 Å². The summed E-state index contributed by atoms with van der Waals surface area (Å²) < 4.78 is 3.22. The fourth-order valence-electron chi connectivity index (χ4n) is 3.50. The summed E-state index contributed by atoms with van der Waals surface area (Å²) in [6.07, 6.45) is 1.95. The predicted molar refractivity (Wildman–Crippen MR) is 130 cm³/mol. The van der Waals surface area contributed by atoms with Crippen LogP contribution in [0.5, 0.6) is 0 Å². The fourth-order valence-corrected chi connectivity index (χ4v) is 4.80. The lowest BCUT2D eigenvalue weighted by atomic mass is 10.2. The number of carbonyl (C=O) groups is 1. The first-order valence-electron chi connectivity index (χ1n) is 9.63. The van der Waals surface area contributed by atoms with E-state index in [0.29, 0.717) is 10.1 Å².